The van der Waals surface area contributed by atoms with E-state index in [4.69, 9.17) is 0 Å². The van der Waals surface area contributed by atoms with Crippen LogP contribution >= 0.6 is 0 Å². The molecule has 0 N–H and O–H groups in total. The zero-order valence-electron chi connectivity index (χ0n) is 12.4. The van der Waals surface area contributed by atoms with Crippen LogP contribution in [0.1, 0.15) is 39.7 Å². The minimum absolute atomic E-state index is 0. The molecular formula is C14H21NaO3S. The molecule has 0 amide bonds. The van der Waals surface area contributed by atoms with E-state index in [0.717, 1.165) is 18.4 Å². The zero-order chi connectivity index (χ0) is 14.0. The molecule has 0 saturated heterocycles. The summed E-state index contributed by atoms with van der Waals surface area (Å²) in [6, 6.07) is 6.23. The SMILES string of the molecule is CC(Cc1ccc(S(=O)(=O)[O-])cc1)CC(C)(C)C.[Na+]. The smallest absolute Gasteiger partial charge is 0.744 e. The van der Waals surface area contributed by atoms with Crippen molar-refractivity contribution in [2.45, 2.75) is 45.4 Å². The van der Waals surface area contributed by atoms with Crippen molar-refractivity contribution in [1.29, 1.82) is 0 Å². The van der Waals surface area contributed by atoms with Crippen molar-refractivity contribution < 1.29 is 42.5 Å². The van der Waals surface area contributed by atoms with E-state index in [9.17, 15) is 13.0 Å². The standard InChI is InChI=1S/C14H22O3S.Na/c1-11(10-14(2,3)4)9-12-5-7-13(8-6-12)18(15,16)17;/h5-8,11H,9-10H2,1-4H3,(H,15,16,17);/q;+1/p-1. The Hall–Kier alpha value is 0.130. The third-order valence-corrected chi connectivity index (χ3v) is 3.61. The monoisotopic (exact) mass is 292 g/mol. The summed E-state index contributed by atoms with van der Waals surface area (Å²) in [5, 5.41) is 0. The molecule has 1 rings (SSSR count). The van der Waals surface area contributed by atoms with E-state index in [1.165, 1.54) is 12.1 Å². The topological polar surface area (TPSA) is 57.2 Å². The molecule has 19 heavy (non-hydrogen) atoms. The van der Waals surface area contributed by atoms with Crippen molar-refractivity contribution in [2.75, 3.05) is 0 Å². The van der Waals surface area contributed by atoms with Crippen LogP contribution in [0.25, 0.3) is 0 Å². The van der Waals surface area contributed by atoms with Gasteiger partial charge in [0, 0.05) is 0 Å². The van der Waals surface area contributed by atoms with E-state index in [1.54, 1.807) is 12.1 Å². The number of benzene rings is 1. The van der Waals surface area contributed by atoms with Gasteiger partial charge in [0.25, 0.3) is 0 Å². The molecule has 0 aliphatic rings. The van der Waals surface area contributed by atoms with Gasteiger partial charge in [0.15, 0.2) is 0 Å². The van der Waals surface area contributed by atoms with Crippen molar-refractivity contribution in [3.05, 3.63) is 29.8 Å². The van der Waals surface area contributed by atoms with Crippen molar-refractivity contribution in [3.63, 3.8) is 0 Å². The van der Waals surface area contributed by atoms with Crippen LogP contribution in [-0.2, 0) is 16.5 Å². The van der Waals surface area contributed by atoms with Crippen LogP contribution in [0, 0.1) is 11.3 Å². The molecule has 0 aromatic heterocycles. The Morgan fingerprint density at radius 2 is 1.63 bits per heavy atom. The number of hydrogen-bond acceptors (Lipinski definition) is 3. The molecule has 3 nitrogen and oxygen atoms in total. The summed E-state index contributed by atoms with van der Waals surface area (Å²) in [4.78, 5) is -0.158. The molecule has 0 aliphatic carbocycles. The summed E-state index contributed by atoms with van der Waals surface area (Å²) in [5.41, 5.74) is 1.36. The third kappa shape index (κ3) is 7.47. The molecule has 1 aromatic rings. The van der Waals surface area contributed by atoms with Gasteiger partial charge < -0.3 is 4.55 Å². The number of rotatable bonds is 4. The van der Waals surface area contributed by atoms with Crippen LogP contribution < -0.4 is 29.6 Å². The van der Waals surface area contributed by atoms with Crippen LogP contribution in [0.15, 0.2) is 29.2 Å². The maximum atomic E-state index is 10.8. The zero-order valence-corrected chi connectivity index (χ0v) is 15.3. The van der Waals surface area contributed by atoms with Crippen LogP contribution in [-0.4, -0.2) is 13.0 Å². The van der Waals surface area contributed by atoms with Gasteiger partial charge in [-0.15, -0.1) is 0 Å². The van der Waals surface area contributed by atoms with Gasteiger partial charge in [-0.3, -0.25) is 0 Å². The van der Waals surface area contributed by atoms with E-state index in [2.05, 4.69) is 27.7 Å². The Kier molecular flexibility index (Phi) is 7.28. The largest absolute Gasteiger partial charge is 1.00 e. The quantitative estimate of drug-likeness (QED) is 0.589. The van der Waals surface area contributed by atoms with Crippen molar-refractivity contribution in [1.82, 2.24) is 0 Å². The fraction of sp³-hybridized carbons (Fsp3) is 0.571. The fourth-order valence-corrected chi connectivity index (χ4v) is 2.78. The van der Waals surface area contributed by atoms with Gasteiger partial charge in [-0.25, -0.2) is 8.42 Å². The summed E-state index contributed by atoms with van der Waals surface area (Å²) < 4.78 is 32.4. The summed E-state index contributed by atoms with van der Waals surface area (Å²) in [6.45, 7) is 8.80. The van der Waals surface area contributed by atoms with Gasteiger partial charge in [-0.05, 0) is 41.9 Å². The average molecular weight is 292 g/mol. The van der Waals surface area contributed by atoms with E-state index in [1.807, 2.05) is 0 Å². The van der Waals surface area contributed by atoms with Crippen molar-refractivity contribution in [3.8, 4) is 0 Å². The Balaban J connectivity index is 0.00000324. The van der Waals surface area contributed by atoms with Crippen LogP contribution in [0.4, 0.5) is 0 Å². The minimum Gasteiger partial charge on any atom is -0.744 e. The molecule has 0 spiro atoms. The molecule has 0 aliphatic heterocycles. The molecule has 1 unspecified atom stereocenters. The Labute approximate surface area is 138 Å². The second-order valence-corrected chi connectivity index (χ2v) is 7.55. The molecule has 1 atom stereocenters. The predicted octanol–water partition coefficient (Wildman–Crippen LogP) is 0.210. The normalized spacial score (nSPS) is 13.7. The van der Waals surface area contributed by atoms with Gasteiger partial charge in [-0.1, -0.05) is 39.8 Å². The summed E-state index contributed by atoms with van der Waals surface area (Å²) >= 11 is 0. The Morgan fingerprint density at radius 1 is 1.16 bits per heavy atom. The Morgan fingerprint density at radius 3 is 2.00 bits per heavy atom. The number of hydrogen-bond donors (Lipinski definition) is 0. The van der Waals surface area contributed by atoms with Crippen LogP contribution in [0.5, 0.6) is 0 Å². The fourth-order valence-electron chi connectivity index (χ4n) is 2.31. The van der Waals surface area contributed by atoms with Gasteiger partial charge in [0.2, 0.25) is 0 Å². The molecule has 1 aromatic carbocycles. The second-order valence-electron chi connectivity index (χ2n) is 6.17. The molecule has 102 valence electrons. The first-order chi connectivity index (χ1) is 8.08. The summed E-state index contributed by atoms with van der Waals surface area (Å²) in [6.07, 6.45) is 2.01. The first-order valence-electron chi connectivity index (χ1n) is 6.13. The maximum Gasteiger partial charge on any atom is 1.00 e. The van der Waals surface area contributed by atoms with Crippen molar-refractivity contribution >= 4 is 10.1 Å². The van der Waals surface area contributed by atoms with Gasteiger partial charge in [-0.2, -0.15) is 0 Å². The molecule has 5 heteroatoms. The second kappa shape index (κ2) is 7.23. The third-order valence-electron chi connectivity index (χ3n) is 2.76. The molecule has 0 fully saturated rings. The van der Waals surface area contributed by atoms with Gasteiger partial charge >= 0.3 is 29.6 Å². The molecular weight excluding hydrogens is 271 g/mol. The first-order valence-corrected chi connectivity index (χ1v) is 7.53. The molecule has 0 radical (unpaired) electrons. The van der Waals surface area contributed by atoms with E-state index >= 15 is 0 Å². The van der Waals surface area contributed by atoms with Crippen LogP contribution in [0.2, 0.25) is 0 Å². The molecule has 0 bridgehead atoms. The van der Waals surface area contributed by atoms with Gasteiger partial charge in [0.1, 0.15) is 10.1 Å². The van der Waals surface area contributed by atoms with E-state index in [-0.39, 0.29) is 39.9 Å². The van der Waals surface area contributed by atoms with Gasteiger partial charge in [0.05, 0.1) is 4.90 Å². The summed E-state index contributed by atoms with van der Waals surface area (Å²) in [5.74, 6) is 0.528. The minimum atomic E-state index is -4.33. The Bertz CT molecular complexity index is 486. The van der Waals surface area contributed by atoms with Crippen molar-refractivity contribution in [2.24, 2.45) is 11.3 Å². The maximum absolute atomic E-state index is 10.8. The van der Waals surface area contributed by atoms with Crippen LogP contribution in [0.3, 0.4) is 0 Å². The van der Waals surface area contributed by atoms with E-state index in [0.29, 0.717) is 5.92 Å². The molecule has 0 heterocycles. The first kappa shape index (κ1) is 19.1. The summed E-state index contributed by atoms with van der Waals surface area (Å²) in [7, 11) is -4.33. The predicted molar refractivity (Wildman–Crippen MR) is 71.3 cm³/mol. The van der Waals surface area contributed by atoms with E-state index < -0.39 is 10.1 Å². The molecule has 0 saturated carbocycles. The average Bonchev–Trinajstić information content (AvgIpc) is 2.13.